The monoisotopic (exact) mass is 520 g/mol. The fourth-order valence-electron chi connectivity index (χ4n) is 3.55. The third-order valence-electron chi connectivity index (χ3n) is 4.99. The average molecular weight is 520 g/mol. The van der Waals surface area contributed by atoms with Gasteiger partial charge >= 0.3 is 0 Å². The molecule has 0 saturated carbocycles. The number of carbonyl (C=O) groups is 1. The van der Waals surface area contributed by atoms with Gasteiger partial charge in [-0.15, -0.1) is 24.0 Å². The highest BCUT2D eigenvalue weighted by Gasteiger charge is 2.32. The highest BCUT2D eigenvalue weighted by atomic mass is 127. The predicted molar refractivity (Wildman–Crippen MR) is 120 cm³/mol. The molecule has 2 unspecified atom stereocenters. The molecule has 0 bridgehead atoms. The van der Waals surface area contributed by atoms with Crippen LogP contribution in [0.2, 0.25) is 0 Å². The molecule has 7 nitrogen and oxygen atoms in total. The van der Waals surface area contributed by atoms with Crippen molar-refractivity contribution >= 4 is 35.8 Å². The van der Waals surface area contributed by atoms with Gasteiger partial charge in [0.25, 0.3) is 0 Å². The second-order valence-corrected chi connectivity index (χ2v) is 7.03. The highest BCUT2D eigenvalue weighted by molar-refractivity contribution is 14.0. The number of rotatable bonds is 6. The molecule has 162 valence electrons. The number of amides is 1. The van der Waals surface area contributed by atoms with Crippen LogP contribution in [-0.2, 0) is 20.7 Å². The van der Waals surface area contributed by atoms with E-state index in [-0.39, 0.29) is 54.3 Å². The van der Waals surface area contributed by atoms with Gasteiger partial charge in [0.2, 0.25) is 5.91 Å². The number of nitrogens with one attached hydrogen (secondary N) is 2. The van der Waals surface area contributed by atoms with Crippen LogP contribution in [0.5, 0.6) is 0 Å². The number of hydrogen-bond acceptors (Lipinski definition) is 4. The molecular formula is C20H30FIN4O3. The molecular weight excluding hydrogens is 490 g/mol. The maximum atomic E-state index is 12.9. The lowest BCUT2D eigenvalue weighted by Gasteiger charge is -2.37. The Bertz CT molecular complexity index is 668. The van der Waals surface area contributed by atoms with Gasteiger partial charge in [0.15, 0.2) is 5.96 Å². The van der Waals surface area contributed by atoms with Crippen molar-refractivity contribution in [1.29, 1.82) is 0 Å². The first-order valence-corrected chi connectivity index (χ1v) is 9.85. The van der Waals surface area contributed by atoms with Crippen molar-refractivity contribution in [3.05, 3.63) is 35.6 Å². The van der Waals surface area contributed by atoms with E-state index in [1.165, 1.54) is 12.1 Å². The number of carbonyl (C=O) groups excluding carboxylic acids is 1. The lowest BCUT2D eigenvalue weighted by Crippen LogP contribution is -2.54. The molecule has 1 aromatic rings. The number of benzene rings is 1. The molecule has 2 aliphatic rings. The summed E-state index contributed by atoms with van der Waals surface area (Å²) in [7, 11) is 1.76. The van der Waals surface area contributed by atoms with Gasteiger partial charge in [-0.3, -0.25) is 9.79 Å². The van der Waals surface area contributed by atoms with E-state index in [0.29, 0.717) is 19.7 Å². The van der Waals surface area contributed by atoms with E-state index in [1.807, 2.05) is 0 Å². The zero-order valence-corrected chi connectivity index (χ0v) is 19.1. The van der Waals surface area contributed by atoms with Crippen molar-refractivity contribution in [2.75, 3.05) is 46.4 Å². The first kappa shape index (κ1) is 23.8. The van der Waals surface area contributed by atoms with Crippen molar-refractivity contribution in [3.8, 4) is 0 Å². The second-order valence-electron chi connectivity index (χ2n) is 7.03. The molecule has 3 rings (SSSR count). The van der Waals surface area contributed by atoms with Gasteiger partial charge < -0.3 is 25.0 Å². The predicted octanol–water partition coefficient (Wildman–Crippen LogP) is 1.56. The number of nitrogens with zero attached hydrogens (tertiary/aromatic N) is 2. The normalized spacial score (nSPS) is 22.1. The first-order chi connectivity index (χ1) is 13.7. The number of hydrogen-bond donors (Lipinski definition) is 2. The molecule has 2 saturated heterocycles. The van der Waals surface area contributed by atoms with Crippen LogP contribution in [0.3, 0.4) is 0 Å². The second kappa shape index (κ2) is 12.3. The van der Waals surface area contributed by atoms with E-state index in [4.69, 9.17) is 9.47 Å². The molecule has 2 atom stereocenters. The number of morpholine rings is 1. The Hall–Kier alpha value is -1.46. The van der Waals surface area contributed by atoms with Gasteiger partial charge in [0, 0.05) is 39.8 Å². The minimum Gasteiger partial charge on any atom is -0.375 e. The van der Waals surface area contributed by atoms with E-state index in [1.54, 1.807) is 19.2 Å². The summed E-state index contributed by atoms with van der Waals surface area (Å²) in [6, 6.07) is 5.97. The Morgan fingerprint density at radius 3 is 2.59 bits per heavy atom. The Kier molecular flexibility index (Phi) is 10.1. The molecule has 2 fully saturated rings. The molecule has 0 aromatic heterocycles. The summed E-state index contributed by atoms with van der Waals surface area (Å²) in [5, 5.41) is 6.16. The van der Waals surface area contributed by atoms with Crippen molar-refractivity contribution in [2.45, 2.75) is 31.5 Å². The van der Waals surface area contributed by atoms with Gasteiger partial charge in [-0.2, -0.15) is 0 Å². The summed E-state index contributed by atoms with van der Waals surface area (Å²) in [5.41, 5.74) is 0.788. The van der Waals surface area contributed by atoms with Crippen LogP contribution in [0.25, 0.3) is 0 Å². The molecule has 0 spiro atoms. The van der Waals surface area contributed by atoms with Gasteiger partial charge in [-0.05, 0) is 30.5 Å². The van der Waals surface area contributed by atoms with Crippen LogP contribution in [0.4, 0.5) is 4.39 Å². The quantitative estimate of drug-likeness (QED) is 0.258. The molecule has 29 heavy (non-hydrogen) atoms. The molecule has 9 heteroatoms. The largest absolute Gasteiger partial charge is 0.375 e. The summed E-state index contributed by atoms with van der Waals surface area (Å²) in [6.45, 7) is 4.05. The minimum atomic E-state index is -0.301. The smallest absolute Gasteiger partial charge is 0.224 e. The molecule has 1 aromatic carbocycles. The SMILES string of the molecule is CN=C(NCCNC(=O)Cc1ccc(F)cc1)N1CCOC(C2CCCO2)C1.I. The Morgan fingerprint density at radius 1 is 1.17 bits per heavy atom. The fourth-order valence-corrected chi connectivity index (χ4v) is 3.55. The standard InChI is InChI=1S/C20H29FN4O3.HI/c1-22-20(25-10-12-28-18(14-25)17-3-2-11-27-17)24-9-8-23-19(26)13-15-4-6-16(21)7-5-15;/h4-7,17-18H,2-3,8-14H2,1H3,(H,22,24)(H,23,26);1H. The van der Waals surface area contributed by atoms with Crippen molar-refractivity contribution in [2.24, 2.45) is 4.99 Å². The Labute approximate surface area is 188 Å². The van der Waals surface area contributed by atoms with Gasteiger partial charge in [-0.25, -0.2) is 4.39 Å². The van der Waals surface area contributed by atoms with Crippen LogP contribution in [0, 0.1) is 5.82 Å². The molecule has 0 radical (unpaired) electrons. The summed E-state index contributed by atoms with van der Waals surface area (Å²) >= 11 is 0. The third-order valence-corrected chi connectivity index (χ3v) is 4.99. The van der Waals surface area contributed by atoms with Crippen LogP contribution in [0.1, 0.15) is 18.4 Å². The molecule has 2 N–H and O–H groups in total. The van der Waals surface area contributed by atoms with Gasteiger partial charge in [0.05, 0.1) is 19.1 Å². The van der Waals surface area contributed by atoms with Crippen LogP contribution in [-0.4, -0.2) is 75.4 Å². The molecule has 2 aliphatic heterocycles. The lowest BCUT2D eigenvalue weighted by atomic mass is 10.1. The average Bonchev–Trinajstić information content (AvgIpc) is 3.25. The summed E-state index contributed by atoms with van der Waals surface area (Å²) < 4.78 is 24.5. The summed E-state index contributed by atoms with van der Waals surface area (Å²) in [4.78, 5) is 18.5. The maximum Gasteiger partial charge on any atom is 0.224 e. The first-order valence-electron chi connectivity index (χ1n) is 9.85. The summed E-state index contributed by atoms with van der Waals surface area (Å²) in [6.07, 6.45) is 2.62. The number of ether oxygens (including phenoxy) is 2. The molecule has 1 amide bonds. The number of halogens is 2. The fraction of sp³-hybridized carbons (Fsp3) is 0.600. The van der Waals surface area contributed by atoms with E-state index < -0.39 is 0 Å². The topological polar surface area (TPSA) is 75.2 Å². The Balaban J connectivity index is 0.00000300. The van der Waals surface area contributed by atoms with Crippen molar-refractivity contribution < 1.29 is 18.7 Å². The minimum absolute atomic E-state index is 0. The van der Waals surface area contributed by atoms with Gasteiger partial charge in [-0.1, -0.05) is 12.1 Å². The van der Waals surface area contributed by atoms with E-state index >= 15 is 0 Å². The Morgan fingerprint density at radius 2 is 1.90 bits per heavy atom. The zero-order valence-electron chi connectivity index (χ0n) is 16.7. The lowest BCUT2D eigenvalue weighted by molar-refractivity contribution is -0.120. The highest BCUT2D eigenvalue weighted by Crippen LogP contribution is 2.20. The molecule has 2 heterocycles. The van der Waals surface area contributed by atoms with E-state index in [9.17, 15) is 9.18 Å². The van der Waals surface area contributed by atoms with E-state index in [0.717, 1.165) is 44.1 Å². The zero-order chi connectivity index (χ0) is 19.8. The van der Waals surface area contributed by atoms with Gasteiger partial charge in [0.1, 0.15) is 11.9 Å². The van der Waals surface area contributed by atoms with E-state index in [2.05, 4.69) is 20.5 Å². The molecule has 0 aliphatic carbocycles. The number of guanidine groups is 1. The third kappa shape index (κ3) is 7.38. The maximum absolute atomic E-state index is 12.9. The number of aliphatic imine (C=N–C) groups is 1. The summed E-state index contributed by atoms with van der Waals surface area (Å²) in [5.74, 6) is 0.414. The van der Waals surface area contributed by atoms with Crippen molar-refractivity contribution in [3.63, 3.8) is 0 Å². The van der Waals surface area contributed by atoms with Crippen molar-refractivity contribution in [1.82, 2.24) is 15.5 Å². The van der Waals surface area contributed by atoms with Crippen LogP contribution >= 0.6 is 24.0 Å². The van der Waals surface area contributed by atoms with Crippen LogP contribution in [0.15, 0.2) is 29.3 Å². The van der Waals surface area contributed by atoms with Crippen LogP contribution < -0.4 is 10.6 Å².